The molecule has 55 heavy (non-hydrogen) atoms. The molecular formula is C44H36O11. The molecular weight excluding hydrogens is 704 g/mol. The Morgan fingerprint density at radius 2 is 0.927 bits per heavy atom. The first-order valence-corrected chi connectivity index (χ1v) is 17.3. The minimum Gasteiger partial charge on any atom is -0.493 e. The number of carbonyl (C=O) groups is 2. The summed E-state index contributed by atoms with van der Waals surface area (Å²) >= 11 is 0. The number of furan rings is 3. The molecule has 0 saturated heterocycles. The minimum absolute atomic E-state index is 0.0284. The maximum absolute atomic E-state index is 14.2. The molecule has 0 saturated carbocycles. The number of ether oxygens (including phenoxy) is 6. The summed E-state index contributed by atoms with van der Waals surface area (Å²) in [4.78, 5) is 28.3. The molecule has 0 bridgehead atoms. The molecule has 7 rings (SSSR count). The average Bonchev–Trinajstić information content (AvgIpc) is 4.04. The normalized spacial score (nSPS) is 10.8. The predicted octanol–water partition coefficient (Wildman–Crippen LogP) is 9.69. The zero-order chi connectivity index (χ0) is 38.0. The van der Waals surface area contributed by atoms with Crippen molar-refractivity contribution in [1.82, 2.24) is 0 Å². The van der Waals surface area contributed by atoms with E-state index in [0.717, 1.165) is 11.1 Å². The Hall–Kier alpha value is -7.14. The summed E-state index contributed by atoms with van der Waals surface area (Å²) in [7, 11) is 3.01. The Bertz CT molecular complexity index is 2160. The van der Waals surface area contributed by atoms with E-state index < -0.39 is 11.9 Å². The van der Waals surface area contributed by atoms with Crippen LogP contribution in [-0.4, -0.2) is 26.2 Å². The molecule has 0 aliphatic heterocycles. The smallest absolute Gasteiger partial charge is 0.343 e. The Morgan fingerprint density at radius 3 is 1.31 bits per heavy atom. The number of esters is 2. The van der Waals surface area contributed by atoms with Crippen molar-refractivity contribution in [3.05, 3.63) is 168 Å². The van der Waals surface area contributed by atoms with Crippen LogP contribution in [0.4, 0.5) is 0 Å². The molecule has 0 unspecified atom stereocenters. The van der Waals surface area contributed by atoms with Gasteiger partial charge in [0.25, 0.3) is 0 Å². The molecule has 0 radical (unpaired) electrons. The van der Waals surface area contributed by atoms with E-state index in [1.165, 1.54) is 26.7 Å². The van der Waals surface area contributed by atoms with Crippen molar-refractivity contribution in [2.24, 2.45) is 0 Å². The van der Waals surface area contributed by atoms with Gasteiger partial charge in [-0.1, -0.05) is 60.7 Å². The average molecular weight is 741 g/mol. The molecule has 0 aliphatic rings. The Labute approximate surface area is 316 Å². The molecule has 0 N–H and O–H groups in total. The molecule has 3 heterocycles. The molecule has 3 aromatic heterocycles. The fourth-order valence-electron chi connectivity index (χ4n) is 5.76. The molecule has 0 atom stereocenters. The molecule has 278 valence electrons. The van der Waals surface area contributed by atoms with Crippen LogP contribution in [-0.2, 0) is 35.9 Å². The summed E-state index contributed by atoms with van der Waals surface area (Å²) in [5.41, 5.74) is 2.39. The van der Waals surface area contributed by atoms with Crippen molar-refractivity contribution in [2.45, 2.75) is 26.4 Å². The summed E-state index contributed by atoms with van der Waals surface area (Å²) < 4.78 is 52.3. The van der Waals surface area contributed by atoms with E-state index >= 15 is 0 Å². The molecule has 11 nitrogen and oxygen atoms in total. The maximum atomic E-state index is 14.2. The zero-order valence-corrected chi connectivity index (χ0v) is 30.0. The zero-order valence-electron chi connectivity index (χ0n) is 30.0. The number of benzene rings is 4. The van der Waals surface area contributed by atoms with Crippen molar-refractivity contribution in [3.8, 4) is 45.6 Å². The van der Waals surface area contributed by atoms with Gasteiger partial charge in [0.05, 0.1) is 26.7 Å². The summed E-state index contributed by atoms with van der Waals surface area (Å²) in [5.74, 6) is 0.788. The summed E-state index contributed by atoms with van der Waals surface area (Å²) in [5, 5.41) is 0. The van der Waals surface area contributed by atoms with Crippen LogP contribution < -0.4 is 18.9 Å². The van der Waals surface area contributed by atoms with Crippen LogP contribution in [0.25, 0.3) is 22.6 Å². The molecule has 7 aromatic rings. The number of rotatable bonds is 16. The van der Waals surface area contributed by atoms with Crippen LogP contribution >= 0.6 is 0 Å². The van der Waals surface area contributed by atoms with E-state index in [0.29, 0.717) is 58.9 Å². The third-order valence-electron chi connectivity index (χ3n) is 8.49. The number of hydrogen-bond donors (Lipinski definition) is 0. The van der Waals surface area contributed by atoms with Crippen molar-refractivity contribution in [3.63, 3.8) is 0 Å². The van der Waals surface area contributed by atoms with Gasteiger partial charge in [-0.3, -0.25) is 0 Å². The van der Waals surface area contributed by atoms with E-state index in [-0.39, 0.29) is 35.9 Å². The van der Waals surface area contributed by atoms with Crippen LogP contribution in [0.5, 0.6) is 23.0 Å². The third kappa shape index (κ3) is 8.58. The highest BCUT2D eigenvalue weighted by molar-refractivity contribution is 6.11. The summed E-state index contributed by atoms with van der Waals surface area (Å²) in [6.07, 6.45) is 2.94. The molecule has 11 heteroatoms. The molecule has 0 fully saturated rings. The van der Waals surface area contributed by atoms with Gasteiger partial charge < -0.3 is 41.7 Å². The highest BCUT2D eigenvalue weighted by atomic mass is 16.6. The lowest BCUT2D eigenvalue weighted by atomic mass is 10.0. The predicted molar refractivity (Wildman–Crippen MR) is 200 cm³/mol. The van der Waals surface area contributed by atoms with E-state index in [2.05, 4.69) is 0 Å². The van der Waals surface area contributed by atoms with Crippen molar-refractivity contribution < 1.29 is 51.3 Å². The Morgan fingerprint density at radius 1 is 0.491 bits per heavy atom. The largest absolute Gasteiger partial charge is 0.493 e. The Kier molecular flexibility index (Phi) is 11.3. The second kappa shape index (κ2) is 17.1. The lowest BCUT2D eigenvalue weighted by Crippen LogP contribution is -2.14. The van der Waals surface area contributed by atoms with E-state index in [4.69, 9.17) is 41.7 Å². The van der Waals surface area contributed by atoms with Gasteiger partial charge in [-0.05, 0) is 71.8 Å². The van der Waals surface area contributed by atoms with Crippen molar-refractivity contribution >= 4 is 11.9 Å². The maximum Gasteiger partial charge on any atom is 0.343 e. The molecule has 4 aromatic carbocycles. The number of carbonyl (C=O) groups excluding carboxylic acids is 2. The highest BCUT2D eigenvalue weighted by Crippen LogP contribution is 2.43. The quantitative estimate of drug-likeness (QED) is 0.0878. The first-order valence-electron chi connectivity index (χ1n) is 17.3. The van der Waals surface area contributed by atoms with Crippen LogP contribution in [0.15, 0.2) is 147 Å². The Balaban J connectivity index is 1.31. The summed E-state index contributed by atoms with van der Waals surface area (Å²) in [6.45, 7) is 0.182. The van der Waals surface area contributed by atoms with E-state index in [9.17, 15) is 9.59 Å². The second-order valence-electron chi connectivity index (χ2n) is 12.1. The van der Waals surface area contributed by atoms with Gasteiger partial charge in [-0.2, -0.15) is 0 Å². The van der Waals surface area contributed by atoms with Crippen LogP contribution in [0.3, 0.4) is 0 Å². The van der Waals surface area contributed by atoms with Crippen LogP contribution in [0.2, 0.25) is 0 Å². The SMILES string of the molecule is COc1cc(-c2oc(-c3ccc(OCc4ccccc4)c(OC)c3)c(C(=O)OCc3ccco3)c2C(=O)OCc2ccco2)ccc1OCc1ccccc1. The fourth-order valence-corrected chi connectivity index (χ4v) is 5.76. The van der Waals surface area contributed by atoms with Gasteiger partial charge in [-0.15, -0.1) is 0 Å². The van der Waals surface area contributed by atoms with Crippen LogP contribution in [0, 0.1) is 0 Å². The second-order valence-corrected chi connectivity index (χ2v) is 12.1. The molecule has 0 amide bonds. The van der Waals surface area contributed by atoms with Crippen molar-refractivity contribution in [2.75, 3.05) is 14.2 Å². The van der Waals surface area contributed by atoms with Gasteiger partial charge in [0, 0.05) is 11.1 Å². The van der Waals surface area contributed by atoms with Gasteiger partial charge in [0.15, 0.2) is 23.0 Å². The van der Waals surface area contributed by atoms with Crippen molar-refractivity contribution in [1.29, 1.82) is 0 Å². The number of hydrogen-bond acceptors (Lipinski definition) is 11. The van der Waals surface area contributed by atoms with E-state index in [1.54, 1.807) is 60.7 Å². The molecule has 0 spiro atoms. The monoisotopic (exact) mass is 740 g/mol. The minimum atomic E-state index is -0.857. The highest BCUT2D eigenvalue weighted by Gasteiger charge is 2.35. The van der Waals surface area contributed by atoms with Gasteiger partial charge in [-0.25, -0.2) is 9.59 Å². The summed E-state index contributed by atoms with van der Waals surface area (Å²) in [6, 6.07) is 36.2. The first kappa shape index (κ1) is 36.2. The standard InChI is InChI=1S/C44H36O11/c1-47-37-23-31(17-19-35(37)51-25-29-11-5-3-6-12-29)41-39(43(45)53-27-33-15-9-21-49-33)40(44(46)54-28-34-16-10-22-50-34)42(55-41)32-18-20-36(38(24-32)48-2)52-26-30-13-7-4-8-14-30/h3-24H,25-28H2,1-2H3. The van der Waals surface area contributed by atoms with Gasteiger partial charge in [0.1, 0.15) is 60.6 Å². The molecule has 0 aliphatic carbocycles. The van der Waals surface area contributed by atoms with Gasteiger partial charge in [0.2, 0.25) is 0 Å². The topological polar surface area (TPSA) is 129 Å². The third-order valence-corrected chi connectivity index (χ3v) is 8.49. The first-order chi connectivity index (χ1) is 27.0. The van der Waals surface area contributed by atoms with Gasteiger partial charge >= 0.3 is 11.9 Å². The number of methoxy groups -OCH3 is 2. The fraction of sp³-hybridized carbons (Fsp3) is 0.136. The lowest BCUT2D eigenvalue weighted by molar-refractivity contribution is 0.0401. The van der Waals surface area contributed by atoms with E-state index in [1.807, 2.05) is 60.7 Å². The van der Waals surface area contributed by atoms with Crippen LogP contribution in [0.1, 0.15) is 43.4 Å². The lowest BCUT2D eigenvalue weighted by Gasteiger charge is -2.12.